The Balaban J connectivity index is 2.04. The van der Waals surface area contributed by atoms with Crippen LogP contribution in [-0.4, -0.2) is 16.2 Å². The van der Waals surface area contributed by atoms with Crippen LogP contribution < -0.4 is 10.1 Å². The molecule has 0 bridgehead atoms. The highest BCUT2D eigenvalue weighted by molar-refractivity contribution is 5.36. The summed E-state index contributed by atoms with van der Waals surface area (Å²) in [7, 11) is 0. The van der Waals surface area contributed by atoms with Crippen molar-refractivity contribution in [2.24, 2.45) is 0 Å². The summed E-state index contributed by atoms with van der Waals surface area (Å²) in [6.45, 7) is 9.38. The van der Waals surface area contributed by atoms with Gasteiger partial charge in [0.2, 0.25) is 5.89 Å². The lowest BCUT2D eigenvalue weighted by atomic mass is 10.1. The van der Waals surface area contributed by atoms with Crippen molar-refractivity contribution < 1.29 is 9.15 Å². The summed E-state index contributed by atoms with van der Waals surface area (Å²) >= 11 is 0. The number of aromatic nitrogens is 2. The molecule has 0 unspecified atom stereocenters. The highest BCUT2D eigenvalue weighted by Crippen LogP contribution is 2.21. The van der Waals surface area contributed by atoms with E-state index in [1.165, 1.54) is 5.56 Å². The van der Waals surface area contributed by atoms with Gasteiger partial charge in [-0.2, -0.15) is 0 Å². The lowest BCUT2D eigenvalue weighted by Crippen LogP contribution is -2.22. The number of rotatable bonds is 7. The summed E-state index contributed by atoms with van der Waals surface area (Å²) in [5.74, 6) is 2.00. The van der Waals surface area contributed by atoms with E-state index in [1.807, 2.05) is 19.1 Å². The van der Waals surface area contributed by atoms with Crippen molar-refractivity contribution in [3.8, 4) is 5.75 Å². The number of hydrogen-bond donors (Lipinski definition) is 1. The van der Waals surface area contributed by atoms with Gasteiger partial charge in [0.25, 0.3) is 5.89 Å². The van der Waals surface area contributed by atoms with E-state index < -0.39 is 0 Å². The molecule has 0 aliphatic carbocycles. The lowest BCUT2D eigenvalue weighted by Gasteiger charge is -2.13. The normalized spacial score (nSPS) is 11.1. The van der Waals surface area contributed by atoms with E-state index in [-0.39, 0.29) is 0 Å². The van der Waals surface area contributed by atoms with Gasteiger partial charge in [0.05, 0.1) is 0 Å². The topological polar surface area (TPSA) is 60.2 Å². The van der Waals surface area contributed by atoms with E-state index in [4.69, 9.17) is 9.15 Å². The molecule has 0 fully saturated rings. The minimum atomic E-state index is 0.296. The predicted octanol–water partition coefficient (Wildman–Crippen LogP) is 3.02. The van der Waals surface area contributed by atoms with Gasteiger partial charge in [-0.1, -0.05) is 38.5 Å². The summed E-state index contributed by atoms with van der Waals surface area (Å²) in [6, 6.07) is 6.60. The average Bonchev–Trinajstić information content (AvgIpc) is 2.92. The minimum absolute atomic E-state index is 0.296. The Morgan fingerprint density at radius 2 is 2.00 bits per heavy atom. The van der Waals surface area contributed by atoms with Crippen molar-refractivity contribution in [1.29, 1.82) is 0 Å². The van der Waals surface area contributed by atoms with E-state index in [9.17, 15) is 0 Å². The quantitative estimate of drug-likeness (QED) is 0.849. The van der Waals surface area contributed by atoms with Crippen LogP contribution in [0.3, 0.4) is 0 Å². The van der Waals surface area contributed by atoms with Crippen molar-refractivity contribution in [1.82, 2.24) is 15.5 Å². The van der Waals surface area contributed by atoms with Crippen LogP contribution in [0.5, 0.6) is 5.75 Å². The van der Waals surface area contributed by atoms with Crippen LogP contribution in [-0.2, 0) is 19.6 Å². The molecule has 0 aliphatic rings. The van der Waals surface area contributed by atoms with Crippen LogP contribution in [0.2, 0.25) is 0 Å². The van der Waals surface area contributed by atoms with Gasteiger partial charge in [-0.15, -0.1) is 10.2 Å². The van der Waals surface area contributed by atoms with Gasteiger partial charge in [0.1, 0.15) is 5.75 Å². The van der Waals surface area contributed by atoms with Crippen molar-refractivity contribution in [2.45, 2.75) is 53.3 Å². The van der Waals surface area contributed by atoms with Gasteiger partial charge >= 0.3 is 0 Å². The first-order valence-corrected chi connectivity index (χ1v) is 7.35. The van der Waals surface area contributed by atoms with Gasteiger partial charge < -0.3 is 14.5 Å². The monoisotopic (exact) mass is 289 g/mol. The fourth-order valence-corrected chi connectivity index (χ4v) is 1.93. The highest BCUT2D eigenvalue weighted by Gasteiger charge is 2.09. The third kappa shape index (κ3) is 4.56. The molecule has 114 valence electrons. The number of ether oxygens (including phenoxy) is 1. The summed E-state index contributed by atoms with van der Waals surface area (Å²) in [5.41, 5.74) is 2.35. The zero-order valence-corrected chi connectivity index (χ0v) is 13.1. The third-order valence-electron chi connectivity index (χ3n) is 3.08. The Labute approximate surface area is 125 Å². The van der Waals surface area contributed by atoms with Gasteiger partial charge in [0.15, 0.2) is 6.61 Å². The lowest BCUT2D eigenvalue weighted by molar-refractivity contribution is 0.256. The predicted molar refractivity (Wildman–Crippen MR) is 81.2 cm³/mol. The molecule has 0 saturated heterocycles. The Morgan fingerprint density at radius 3 is 2.67 bits per heavy atom. The molecule has 0 atom stereocenters. The fraction of sp³-hybridized carbons (Fsp3) is 0.500. The highest BCUT2D eigenvalue weighted by atomic mass is 16.5. The number of benzene rings is 1. The number of nitrogens with one attached hydrogen (secondary N) is 1. The Kier molecular flexibility index (Phi) is 5.33. The largest absolute Gasteiger partial charge is 0.483 e. The molecule has 5 heteroatoms. The molecular weight excluding hydrogens is 266 g/mol. The standard InChI is InChI=1S/C16H23N3O2/c1-5-15-18-19-16(21-15)10-20-14-7-6-12(4)8-13(14)9-17-11(2)3/h6-8,11,17H,5,9-10H2,1-4H3. The van der Waals surface area contributed by atoms with Crippen LogP contribution in [0, 0.1) is 6.92 Å². The van der Waals surface area contributed by atoms with Gasteiger partial charge in [-0.3, -0.25) is 0 Å². The molecule has 0 radical (unpaired) electrons. The van der Waals surface area contributed by atoms with Crippen LogP contribution in [0.15, 0.2) is 22.6 Å². The van der Waals surface area contributed by atoms with Crippen molar-refractivity contribution in [3.05, 3.63) is 41.1 Å². The smallest absolute Gasteiger partial charge is 0.253 e. The molecule has 0 spiro atoms. The number of nitrogens with zero attached hydrogens (tertiary/aromatic N) is 2. The van der Waals surface area contributed by atoms with Gasteiger partial charge in [0, 0.05) is 24.6 Å². The maximum absolute atomic E-state index is 5.83. The second-order valence-corrected chi connectivity index (χ2v) is 5.38. The molecule has 1 heterocycles. The van der Waals surface area contributed by atoms with E-state index in [0.717, 1.165) is 24.3 Å². The van der Waals surface area contributed by atoms with Crippen molar-refractivity contribution in [3.63, 3.8) is 0 Å². The van der Waals surface area contributed by atoms with Crippen molar-refractivity contribution >= 4 is 0 Å². The number of aryl methyl sites for hydroxylation is 2. The molecule has 2 rings (SSSR count). The third-order valence-corrected chi connectivity index (χ3v) is 3.08. The summed E-state index contributed by atoms with van der Waals surface area (Å²) in [4.78, 5) is 0. The molecule has 1 N–H and O–H groups in total. The first-order chi connectivity index (χ1) is 10.1. The van der Waals surface area contributed by atoms with Gasteiger partial charge in [-0.05, 0) is 13.0 Å². The molecular formula is C16H23N3O2. The summed E-state index contributed by atoms with van der Waals surface area (Å²) < 4.78 is 11.3. The van der Waals surface area contributed by atoms with Crippen LogP contribution in [0.4, 0.5) is 0 Å². The molecule has 0 amide bonds. The molecule has 0 aliphatic heterocycles. The molecule has 2 aromatic rings. The first-order valence-electron chi connectivity index (χ1n) is 7.35. The summed E-state index contributed by atoms with van der Waals surface area (Å²) in [5, 5.41) is 11.3. The Hall–Kier alpha value is -1.88. The fourth-order valence-electron chi connectivity index (χ4n) is 1.93. The second-order valence-electron chi connectivity index (χ2n) is 5.38. The molecule has 5 nitrogen and oxygen atoms in total. The van der Waals surface area contributed by atoms with E-state index in [1.54, 1.807) is 0 Å². The van der Waals surface area contributed by atoms with Crippen molar-refractivity contribution in [2.75, 3.05) is 0 Å². The summed E-state index contributed by atoms with van der Waals surface area (Å²) in [6.07, 6.45) is 0.737. The van der Waals surface area contributed by atoms with E-state index in [2.05, 4.69) is 42.4 Å². The van der Waals surface area contributed by atoms with Crippen LogP contribution in [0.25, 0.3) is 0 Å². The van der Waals surface area contributed by atoms with Gasteiger partial charge in [-0.25, -0.2) is 0 Å². The maximum Gasteiger partial charge on any atom is 0.253 e. The Morgan fingerprint density at radius 1 is 1.24 bits per heavy atom. The van der Waals surface area contributed by atoms with E-state index in [0.29, 0.717) is 24.4 Å². The molecule has 0 saturated carbocycles. The first kappa shape index (κ1) is 15.5. The zero-order valence-electron chi connectivity index (χ0n) is 13.1. The molecule has 1 aromatic heterocycles. The molecule has 21 heavy (non-hydrogen) atoms. The minimum Gasteiger partial charge on any atom is -0.483 e. The SMILES string of the molecule is CCc1nnc(COc2ccc(C)cc2CNC(C)C)o1. The van der Waals surface area contributed by atoms with E-state index >= 15 is 0 Å². The number of hydrogen-bond acceptors (Lipinski definition) is 5. The zero-order chi connectivity index (χ0) is 15.2. The average molecular weight is 289 g/mol. The van der Waals surface area contributed by atoms with Crippen LogP contribution in [0.1, 0.15) is 43.7 Å². The Bertz CT molecular complexity index is 579. The second kappa shape index (κ2) is 7.22. The molecule has 1 aromatic carbocycles. The van der Waals surface area contributed by atoms with Crippen LogP contribution >= 0.6 is 0 Å². The maximum atomic E-state index is 5.83.